The highest BCUT2D eigenvalue weighted by Gasteiger charge is 2.38. The minimum atomic E-state index is -3.09. The van der Waals surface area contributed by atoms with Gasteiger partial charge >= 0.3 is 0 Å². The molecule has 1 fully saturated rings. The van der Waals surface area contributed by atoms with Gasteiger partial charge in [0, 0.05) is 26.2 Å². The summed E-state index contributed by atoms with van der Waals surface area (Å²) >= 11 is 0. The van der Waals surface area contributed by atoms with Crippen LogP contribution in [0.4, 0.5) is 0 Å². The lowest BCUT2D eigenvalue weighted by molar-refractivity contribution is 0.308. The molecule has 1 aliphatic rings. The van der Waals surface area contributed by atoms with Crippen molar-refractivity contribution in [2.24, 2.45) is 11.5 Å². The molecule has 0 bridgehead atoms. The van der Waals surface area contributed by atoms with Gasteiger partial charge in [0.05, 0.1) is 10.5 Å². The lowest BCUT2D eigenvalue weighted by Gasteiger charge is -2.34. The van der Waals surface area contributed by atoms with Crippen molar-refractivity contribution in [1.29, 1.82) is 0 Å². The molecule has 1 aliphatic heterocycles. The van der Waals surface area contributed by atoms with Crippen LogP contribution in [0.3, 0.4) is 0 Å². The quantitative estimate of drug-likeness (QED) is 0.547. The van der Waals surface area contributed by atoms with Gasteiger partial charge in [-0.1, -0.05) is 0 Å². The Hall–Kier alpha value is -0.170. The molecule has 0 aromatic carbocycles. The van der Waals surface area contributed by atoms with E-state index in [2.05, 4.69) is 0 Å². The molecule has 0 spiro atoms. The van der Waals surface area contributed by atoms with Crippen LogP contribution in [0.15, 0.2) is 0 Å². The smallest absolute Gasteiger partial charge is 0.161 e. The van der Waals surface area contributed by atoms with Crippen LogP contribution in [0.5, 0.6) is 0 Å². The van der Waals surface area contributed by atoms with Gasteiger partial charge in [-0.25, -0.2) is 8.42 Å². The molecular formula is C7H17N3O2S. The van der Waals surface area contributed by atoms with Crippen LogP contribution in [0, 0.1) is 0 Å². The Balaban J connectivity index is 2.88. The third-order valence-electron chi connectivity index (χ3n) is 2.49. The Labute approximate surface area is 79.0 Å². The fourth-order valence-electron chi connectivity index (χ4n) is 1.67. The highest BCUT2D eigenvalue weighted by atomic mass is 32.2. The topological polar surface area (TPSA) is 89.4 Å². The Morgan fingerprint density at radius 1 is 1.23 bits per heavy atom. The van der Waals surface area contributed by atoms with Gasteiger partial charge in [0.1, 0.15) is 0 Å². The summed E-state index contributed by atoms with van der Waals surface area (Å²) in [7, 11) is -1.20. The number of rotatable bonds is 2. The van der Waals surface area contributed by atoms with Crippen molar-refractivity contribution in [3.05, 3.63) is 0 Å². The van der Waals surface area contributed by atoms with Gasteiger partial charge in [-0.05, 0) is 7.05 Å². The van der Waals surface area contributed by atoms with Crippen LogP contribution < -0.4 is 11.5 Å². The molecule has 0 amide bonds. The van der Waals surface area contributed by atoms with E-state index < -0.39 is 20.3 Å². The van der Waals surface area contributed by atoms with Gasteiger partial charge in [0.2, 0.25) is 0 Å². The SMILES string of the molecule is CN1CC(CN)S(=O)(=O)C(CN)C1. The first-order valence-electron chi connectivity index (χ1n) is 4.33. The van der Waals surface area contributed by atoms with Gasteiger partial charge in [-0.2, -0.15) is 0 Å². The number of nitrogens with zero attached hydrogens (tertiary/aromatic N) is 1. The average Bonchev–Trinajstić information content (AvgIpc) is 2.08. The molecule has 1 heterocycles. The van der Waals surface area contributed by atoms with E-state index in [1.165, 1.54) is 0 Å². The molecule has 2 atom stereocenters. The lowest BCUT2D eigenvalue weighted by Crippen LogP contribution is -2.55. The minimum absolute atomic E-state index is 0.184. The molecule has 2 unspecified atom stereocenters. The number of nitrogens with two attached hydrogens (primary N) is 2. The Kier molecular flexibility index (Phi) is 3.28. The van der Waals surface area contributed by atoms with Gasteiger partial charge in [0.25, 0.3) is 0 Å². The number of hydrogen-bond donors (Lipinski definition) is 2. The van der Waals surface area contributed by atoms with E-state index in [9.17, 15) is 8.42 Å². The lowest BCUT2D eigenvalue weighted by atomic mass is 10.3. The van der Waals surface area contributed by atoms with Crippen LogP contribution in [0.2, 0.25) is 0 Å². The predicted molar refractivity (Wildman–Crippen MR) is 52.1 cm³/mol. The molecule has 0 aromatic heterocycles. The summed E-state index contributed by atoms with van der Waals surface area (Å²) in [5, 5.41) is -0.889. The Bertz CT molecular complexity index is 245. The molecule has 1 rings (SSSR count). The average molecular weight is 207 g/mol. The maximum absolute atomic E-state index is 11.7. The van der Waals surface area contributed by atoms with E-state index in [1.54, 1.807) is 0 Å². The number of sulfone groups is 1. The van der Waals surface area contributed by atoms with E-state index in [0.717, 1.165) is 0 Å². The second kappa shape index (κ2) is 3.91. The van der Waals surface area contributed by atoms with Crippen molar-refractivity contribution in [2.45, 2.75) is 10.5 Å². The van der Waals surface area contributed by atoms with Crippen molar-refractivity contribution < 1.29 is 8.42 Å². The van der Waals surface area contributed by atoms with Crippen molar-refractivity contribution in [1.82, 2.24) is 4.90 Å². The van der Waals surface area contributed by atoms with E-state index in [-0.39, 0.29) is 13.1 Å². The monoisotopic (exact) mass is 207 g/mol. The largest absolute Gasteiger partial charge is 0.329 e. The zero-order chi connectivity index (χ0) is 10.1. The second-order valence-corrected chi connectivity index (χ2v) is 6.04. The second-order valence-electron chi connectivity index (χ2n) is 3.53. The summed E-state index contributed by atoms with van der Waals surface area (Å²) in [5.74, 6) is 0. The predicted octanol–water partition coefficient (Wildman–Crippen LogP) is -2.00. The van der Waals surface area contributed by atoms with E-state index >= 15 is 0 Å². The summed E-state index contributed by atoms with van der Waals surface area (Å²) in [6, 6.07) is 0. The third-order valence-corrected chi connectivity index (χ3v) is 5.03. The fourth-order valence-corrected chi connectivity index (χ4v) is 3.67. The first-order chi connectivity index (χ1) is 6.02. The summed E-state index contributed by atoms with van der Waals surface area (Å²) < 4.78 is 23.5. The van der Waals surface area contributed by atoms with Gasteiger partial charge in [0.15, 0.2) is 9.84 Å². The first-order valence-corrected chi connectivity index (χ1v) is 5.94. The van der Waals surface area contributed by atoms with Crippen molar-refractivity contribution in [3.8, 4) is 0 Å². The normalized spacial score (nSPS) is 34.7. The van der Waals surface area contributed by atoms with E-state index in [0.29, 0.717) is 13.1 Å². The maximum atomic E-state index is 11.7. The van der Waals surface area contributed by atoms with Crippen molar-refractivity contribution >= 4 is 9.84 Å². The van der Waals surface area contributed by atoms with Crippen LogP contribution in [-0.4, -0.2) is 57.0 Å². The minimum Gasteiger partial charge on any atom is -0.329 e. The van der Waals surface area contributed by atoms with Crippen LogP contribution in [0.1, 0.15) is 0 Å². The van der Waals surface area contributed by atoms with Gasteiger partial charge in [-0.3, -0.25) is 0 Å². The summed E-state index contributed by atoms with van der Waals surface area (Å²) in [6.45, 7) is 1.41. The van der Waals surface area contributed by atoms with Crippen molar-refractivity contribution in [3.63, 3.8) is 0 Å². The summed E-state index contributed by atoms with van der Waals surface area (Å²) in [4.78, 5) is 1.97. The highest BCUT2D eigenvalue weighted by Crippen LogP contribution is 2.16. The van der Waals surface area contributed by atoms with Crippen molar-refractivity contribution in [2.75, 3.05) is 33.2 Å². The Morgan fingerprint density at radius 2 is 1.62 bits per heavy atom. The molecule has 78 valence electrons. The highest BCUT2D eigenvalue weighted by molar-refractivity contribution is 7.92. The third kappa shape index (κ3) is 2.01. The molecule has 0 aromatic rings. The summed E-state index contributed by atoms with van der Waals surface area (Å²) in [6.07, 6.45) is 0. The molecule has 13 heavy (non-hydrogen) atoms. The van der Waals surface area contributed by atoms with E-state index in [4.69, 9.17) is 11.5 Å². The van der Waals surface area contributed by atoms with Crippen LogP contribution in [-0.2, 0) is 9.84 Å². The van der Waals surface area contributed by atoms with Crippen LogP contribution >= 0.6 is 0 Å². The first kappa shape index (κ1) is 10.9. The molecular weight excluding hydrogens is 190 g/mol. The number of hydrogen-bond acceptors (Lipinski definition) is 5. The van der Waals surface area contributed by atoms with E-state index in [1.807, 2.05) is 11.9 Å². The molecule has 6 heteroatoms. The molecule has 4 N–H and O–H groups in total. The molecule has 0 aliphatic carbocycles. The van der Waals surface area contributed by atoms with Gasteiger partial charge < -0.3 is 16.4 Å². The Morgan fingerprint density at radius 3 is 1.92 bits per heavy atom. The summed E-state index contributed by atoms with van der Waals surface area (Å²) in [5.41, 5.74) is 10.8. The maximum Gasteiger partial charge on any atom is 0.161 e. The zero-order valence-electron chi connectivity index (χ0n) is 7.81. The van der Waals surface area contributed by atoms with Crippen LogP contribution in [0.25, 0.3) is 0 Å². The fraction of sp³-hybridized carbons (Fsp3) is 1.00. The zero-order valence-corrected chi connectivity index (χ0v) is 8.63. The molecule has 0 saturated carbocycles. The van der Waals surface area contributed by atoms with Gasteiger partial charge in [-0.15, -0.1) is 0 Å². The molecule has 0 radical (unpaired) electrons. The standard InChI is InChI=1S/C7H17N3O2S/c1-10-4-6(2-8)13(11,12)7(3-9)5-10/h6-7H,2-5,8-9H2,1H3. The molecule has 5 nitrogen and oxygen atoms in total. The molecule has 1 saturated heterocycles.